The number of aryl methyl sites for hydroxylation is 1. The van der Waals surface area contributed by atoms with Crippen molar-refractivity contribution in [3.8, 4) is 11.4 Å². The zero-order valence-corrected chi connectivity index (χ0v) is 26.4. The van der Waals surface area contributed by atoms with Crippen LogP contribution in [-0.4, -0.2) is 43.0 Å². The lowest BCUT2D eigenvalue weighted by molar-refractivity contribution is -0.00521. The molecule has 3 aromatic heterocycles. The number of halogens is 1. The Bertz CT molecular complexity index is 1930. The molecular formula is C34H32IN7O. The summed E-state index contributed by atoms with van der Waals surface area (Å²) in [6.07, 6.45) is 4.08. The fourth-order valence-corrected chi connectivity index (χ4v) is 6.58. The molecule has 2 atom stereocenters. The average molecular weight is 682 g/mol. The molecule has 216 valence electrons. The van der Waals surface area contributed by atoms with Crippen molar-refractivity contribution in [2.75, 3.05) is 28.6 Å². The third-order valence-corrected chi connectivity index (χ3v) is 8.69. The zero-order chi connectivity index (χ0) is 29.5. The molecule has 0 saturated carbocycles. The van der Waals surface area contributed by atoms with Crippen molar-refractivity contribution in [3.05, 3.63) is 97.0 Å². The minimum Gasteiger partial charge on any atom is -0.372 e. The molecule has 0 aliphatic carbocycles. The van der Waals surface area contributed by atoms with Gasteiger partial charge in [0.15, 0.2) is 0 Å². The zero-order valence-electron chi connectivity index (χ0n) is 24.3. The number of rotatable bonds is 6. The maximum absolute atomic E-state index is 5.95. The Balaban J connectivity index is 1.13. The van der Waals surface area contributed by atoms with Crippen LogP contribution < -0.4 is 15.5 Å². The van der Waals surface area contributed by atoms with Gasteiger partial charge in [-0.1, -0.05) is 0 Å². The number of hydrogen-bond donors (Lipinski definition) is 2. The molecule has 2 N–H and O–H groups in total. The third kappa shape index (κ3) is 5.74. The first-order chi connectivity index (χ1) is 20.9. The fourth-order valence-electron chi connectivity index (χ4n) is 5.78. The molecule has 43 heavy (non-hydrogen) atoms. The Morgan fingerprint density at radius 2 is 1.51 bits per heavy atom. The molecule has 1 aliphatic rings. The summed E-state index contributed by atoms with van der Waals surface area (Å²) in [6, 6.07) is 27.2. The van der Waals surface area contributed by atoms with Gasteiger partial charge in [0, 0.05) is 70.6 Å². The fraction of sp³-hybridized carbons (Fsp3) is 0.206. The van der Waals surface area contributed by atoms with Crippen LogP contribution in [0.3, 0.4) is 0 Å². The first-order valence-corrected chi connectivity index (χ1v) is 15.4. The van der Waals surface area contributed by atoms with E-state index in [-0.39, 0.29) is 12.2 Å². The molecule has 0 amide bonds. The lowest BCUT2D eigenvalue weighted by atomic mass is 10.1. The lowest BCUT2D eigenvalue weighted by Crippen LogP contribution is -2.45. The monoisotopic (exact) mass is 681 g/mol. The predicted molar refractivity (Wildman–Crippen MR) is 184 cm³/mol. The van der Waals surface area contributed by atoms with E-state index in [0.29, 0.717) is 0 Å². The average Bonchev–Trinajstić information content (AvgIpc) is 3.32. The van der Waals surface area contributed by atoms with Gasteiger partial charge in [-0.3, -0.25) is 12.7 Å². The number of benzene rings is 3. The van der Waals surface area contributed by atoms with Crippen molar-refractivity contribution >= 4 is 73.2 Å². The van der Waals surface area contributed by atoms with Crippen LogP contribution in [0.5, 0.6) is 0 Å². The highest BCUT2D eigenvalue weighted by Crippen LogP contribution is 2.33. The quantitative estimate of drug-likeness (QED) is 0.172. The van der Waals surface area contributed by atoms with Gasteiger partial charge < -0.3 is 20.3 Å². The van der Waals surface area contributed by atoms with E-state index >= 15 is 0 Å². The second-order valence-corrected chi connectivity index (χ2v) is 12.1. The van der Waals surface area contributed by atoms with Crippen LogP contribution in [0.2, 0.25) is 0 Å². The number of fused-ring (bicyclic) bond motifs is 2. The first-order valence-electron chi connectivity index (χ1n) is 14.4. The highest BCUT2D eigenvalue weighted by Gasteiger charge is 2.23. The highest BCUT2D eigenvalue weighted by atomic mass is 127. The van der Waals surface area contributed by atoms with Crippen LogP contribution >= 0.6 is 22.9 Å². The number of ether oxygens (including phenoxy) is 1. The molecule has 0 bridgehead atoms. The number of nitrogens with zero attached hydrogens (tertiary/aromatic N) is 5. The second-order valence-electron chi connectivity index (χ2n) is 11.2. The molecular weight excluding hydrogens is 649 g/mol. The molecule has 7 rings (SSSR count). The summed E-state index contributed by atoms with van der Waals surface area (Å²) in [7, 11) is 0. The Hall–Kier alpha value is -4.22. The van der Waals surface area contributed by atoms with E-state index in [1.807, 2.05) is 37.5 Å². The van der Waals surface area contributed by atoms with Crippen molar-refractivity contribution < 1.29 is 4.74 Å². The topological polar surface area (TPSA) is 80.1 Å². The smallest absolute Gasteiger partial charge is 0.150 e. The van der Waals surface area contributed by atoms with Gasteiger partial charge in [-0.25, -0.2) is 4.98 Å². The molecule has 6 aromatic rings. The molecule has 4 heterocycles. The van der Waals surface area contributed by atoms with Crippen LogP contribution in [0.1, 0.15) is 19.5 Å². The molecule has 1 aliphatic heterocycles. The third-order valence-electron chi connectivity index (χ3n) is 7.72. The molecule has 2 unspecified atom stereocenters. The summed E-state index contributed by atoms with van der Waals surface area (Å²) < 4.78 is 8.06. The number of pyridine rings is 2. The van der Waals surface area contributed by atoms with Crippen molar-refractivity contribution in [1.29, 1.82) is 0 Å². The van der Waals surface area contributed by atoms with E-state index in [9.17, 15) is 0 Å². The number of hydrogen-bond acceptors (Lipinski definition) is 7. The minimum absolute atomic E-state index is 0.204. The number of imidazole rings is 1. The molecule has 0 spiro atoms. The predicted octanol–water partition coefficient (Wildman–Crippen LogP) is 8.25. The van der Waals surface area contributed by atoms with Crippen molar-refractivity contribution in [1.82, 2.24) is 17.7 Å². The molecule has 3 aromatic carbocycles. The lowest BCUT2D eigenvalue weighted by Gasteiger charge is -2.37. The van der Waals surface area contributed by atoms with E-state index < -0.39 is 0 Å². The molecule has 9 heteroatoms. The van der Waals surface area contributed by atoms with Crippen LogP contribution in [0.15, 0.2) is 91.3 Å². The largest absolute Gasteiger partial charge is 0.372 e. The van der Waals surface area contributed by atoms with E-state index in [4.69, 9.17) is 9.72 Å². The maximum atomic E-state index is 5.95. The Kier molecular flexibility index (Phi) is 7.36. The second kappa shape index (κ2) is 11.5. The Morgan fingerprint density at radius 3 is 2.30 bits per heavy atom. The molecule has 1 saturated heterocycles. The molecule has 1 fully saturated rings. The van der Waals surface area contributed by atoms with Gasteiger partial charge >= 0.3 is 0 Å². The SMILES string of the molecule is Cc1cc(Nc2ccc3c(c2)nc(-c2ccc(Nc4ccnc5ccc(N6CC(C)OC(C)C6)cc45)cc2)n3I)ccn1. The summed E-state index contributed by atoms with van der Waals surface area (Å²) in [5.41, 5.74) is 10.2. The van der Waals surface area contributed by atoms with Crippen LogP contribution in [0.25, 0.3) is 33.3 Å². The van der Waals surface area contributed by atoms with Gasteiger partial charge in [-0.2, -0.15) is 0 Å². The summed E-state index contributed by atoms with van der Waals surface area (Å²) in [6.45, 7) is 8.01. The highest BCUT2D eigenvalue weighted by molar-refractivity contribution is 14.1. The number of morpholine rings is 1. The van der Waals surface area contributed by atoms with E-state index in [1.54, 1.807) is 0 Å². The van der Waals surface area contributed by atoms with Gasteiger partial charge in [0.25, 0.3) is 0 Å². The Labute approximate surface area is 264 Å². The van der Waals surface area contributed by atoms with E-state index in [1.165, 1.54) is 5.69 Å². The van der Waals surface area contributed by atoms with Crippen LogP contribution in [0, 0.1) is 6.92 Å². The summed E-state index contributed by atoms with van der Waals surface area (Å²) in [4.78, 5) is 16.3. The number of anilines is 5. The maximum Gasteiger partial charge on any atom is 0.150 e. The summed E-state index contributed by atoms with van der Waals surface area (Å²) >= 11 is 2.33. The van der Waals surface area contributed by atoms with Gasteiger partial charge in [-0.05, 0) is 99.6 Å². The van der Waals surface area contributed by atoms with Gasteiger partial charge in [0.1, 0.15) is 5.82 Å². The van der Waals surface area contributed by atoms with E-state index in [0.717, 1.165) is 74.9 Å². The normalized spacial score (nSPS) is 17.0. The minimum atomic E-state index is 0.204. The van der Waals surface area contributed by atoms with Crippen molar-refractivity contribution in [3.63, 3.8) is 0 Å². The standard InChI is InChI=1S/C34H32IN7O/c1-21-16-27(12-14-36-21)38-26-8-11-33-32(17-26)40-34(42(33)35)24-4-6-25(7-5-24)39-31-13-15-37-30-10-9-28(18-29(30)31)41-19-22(2)43-23(3)20-41/h4-18,22-23H,19-20H2,1-3H3,(H,36,38)(H,37,39). The number of aromatic nitrogens is 4. The Morgan fingerprint density at radius 1 is 0.767 bits per heavy atom. The van der Waals surface area contributed by atoms with Crippen molar-refractivity contribution in [2.24, 2.45) is 0 Å². The first kappa shape index (κ1) is 27.6. The van der Waals surface area contributed by atoms with Crippen LogP contribution in [-0.2, 0) is 4.74 Å². The van der Waals surface area contributed by atoms with Crippen molar-refractivity contribution in [2.45, 2.75) is 33.0 Å². The van der Waals surface area contributed by atoms with Gasteiger partial charge in [0.2, 0.25) is 0 Å². The van der Waals surface area contributed by atoms with E-state index in [2.05, 4.69) is 126 Å². The molecule has 8 nitrogen and oxygen atoms in total. The molecule has 0 radical (unpaired) electrons. The summed E-state index contributed by atoms with van der Waals surface area (Å²) in [5.74, 6) is 0.909. The van der Waals surface area contributed by atoms with Gasteiger partial charge in [0.05, 0.1) is 51.6 Å². The van der Waals surface area contributed by atoms with Gasteiger partial charge in [-0.15, -0.1) is 0 Å². The van der Waals surface area contributed by atoms with Crippen LogP contribution in [0.4, 0.5) is 28.4 Å². The number of nitrogens with one attached hydrogen (secondary N) is 2. The summed E-state index contributed by atoms with van der Waals surface area (Å²) in [5, 5.41) is 8.18.